The van der Waals surface area contributed by atoms with Crippen molar-refractivity contribution < 1.29 is 13.9 Å². The molecule has 0 bridgehead atoms. The molecule has 1 atom stereocenters. The van der Waals surface area contributed by atoms with Crippen LogP contribution in [0.5, 0.6) is 0 Å². The molecule has 1 aromatic carbocycles. The molecule has 0 aliphatic carbocycles. The largest absolute Gasteiger partial charge is 0.446 e. The summed E-state index contributed by atoms with van der Waals surface area (Å²) in [4.78, 5) is 17.3. The van der Waals surface area contributed by atoms with Gasteiger partial charge in [-0.05, 0) is 57.0 Å². The van der Waals surface area contributed by atoms with Crippen molar-refractivity contribution in [1.82, 2.24) is 14.8 Å². The maximum atomic E-state index is 13.8. The van der Waals surface area contributed by atoms with Crippen LogP contribution in [-0.2, 0) is 10.3 Å². The van der Waals surface area contributed by atoms with Crippen molar-refractivity contribution in [3.05, 3.63) is 83.2 Å². The first-order valence-electron chi connectivity index (χ1n) is 9.64. The number of carbonyl (C=O) groups excluding carboxylic acids is 1. The maximum absolute atomic E-state index is 13.8. The zero-order valence-electron chi connectivity index (χ0n) is 17.4. The van der Waals surface area contributed by atoms with Gasteiger partial charge in [0.2, 0.25) is 0 Å². The Morgan fingerprint density at radius 2 is 1.86 bits per heavy atom. The Bertz CT molecular complexity index is 991. The molecule has 2 heterocycles. The van der Waals surface area contributed by atoms with Gasteiger partial charge in [0.05, 0.1) is 11.2 Å². The van der Waals surface area contributed by atoms with Crippen molar-refractivity contribution in [1.29, 1.82) is 0 Å². The predicted octanol–water partition coefficient (Wildman–Crippen LogP) is 5.24. The summed E-state index contributed by atoms with van der Waals surface area (Å²) in [6, 6.07) is 13.1. The molecule has 0 N–H and O–H groups in total. The topological polar surface area (TPSA) is 57.0 Å². The molecule has 3 rings (SSSR count). The fourth-order valence-corrected chi connectivity index (χ4v) is 3.11. The first-order valence-corrected chi connectivity index (χ1v) is 9.64. The smallest absolute Gasteiger partial charge is 0.359 e. The van der Waals surface area contributed by atoms with E-state index in [1.807, 2.05) is 25.5 Å². The second-order valence-electron chi connectivity index (χ2n) is 8.29. The van der Waals surface area contributed by atoms with Crippen LogP contribution in [0.1, 0.15) is 74.1 Å². The fraction of sp³-hybridized carbons (Fsp3) is 0.348. The third-order valence-electron chi connectivity index (χ3n) is 4.51. The predicted molar refractivity (Wildman–Crippen MR) is 109 cm³/mol. The van der Waals surface area contributed by atoms with E-state index in [0.717, 1.165) is 5.69 Å². The minimum Gasteiger partial charge on any atom is -0.446 e. The molecule has 3 aromatic rings. The van der Waals surface area contributed by atoms with Crippen molar-refractivity contribution in [2.24, 2.45) is 0 Å². The van der Waals surface area contributed by atoms with Gasteiger partial charge in [0.1, 0.15) is 5.82 Å². The highest BCUT2D eigenvalue weighted by Gasteiger charge is 2.27. The van der Waals surface area contributed by atoms with Gasteiger partial charge < -0.3 is 4.74 Å². The Morgan fingerprint density at radius 1 is 1.10 bits per heavy atom. The van der Waals surface area contributed by atoms with Crippen LogP contribution in [0.3, 0.4) is 0 Å². The van der Waals surface area contributed by atoms with E-state index in [1.54, 1.807) is 42.6 Å². The summed E-state index contributed by atoms with van der Waals surface area (Å²) in [5, 5.41) is 4.51. The van der Waals surface area contributed by atoms with Crippen LogP contribution in [0.25, 0.3) is 0 Å². The van der Waals surface area contributed by atoms with Crippen LogP contribution >= 0.6 is 0 Å². The first-order chi connectivity index (χ1) is 13.7. The summed E-state index contributed by atoms with van der Waals surface area (Å²) in [5.41, 5.74) is 1.92. The molecule has 5 nitrogen and oxygen atoms in total. The zero-order valence-corrected chi connectivity index (χ0v) is 17.4. The summed E-state index contributed by atoms with van der Waals surface area (Å²) in [7, 11) is 0. The summed E-state index contributed by atoms with van der Waals surface area (Å²) < 4.78 is 21.4. The third-order valence-corrected chi connectivity index (χ3v) is 4.51. The molecule has 0 aliphatic rings. The van der Waals surface area contributed by atoms with Gasteiger partial charge in [-0.1, -0.05) is 32.0 Å². The summed E-state index contributed by atoms with van der Waals surface area (Å²) >= 11 is 0. The number of halogens is 1. The van der Waals surface area contributed by atoms with Crippen molar-refractivity contribution >= 4 is 5.97 Å². The number of esters is 1. The first kappa shape index (κ1) is 20.7. The Morgan fingerprint density at radius 3 is 2.41 bits per heavy atom. The van der Waals surface area contributed by atoms with Crippen LogP contribution in [0.15, 0.2) is 54.7 Å². The summed E-state index contributed by atoms with van der Waals surface area (Å²) in [6.45, 7) is 10.2. The molecule has 152 valence electrons. The molecule has 0 fully saturated rings. The molecule has 0 saturated heterocycles. The number of hydrogen-bond acceptors (Lipinski definition) is 4. The normalized spacial score (nSPS) is 12.8. The van der Waals surface area contributed by atoms with E-state index >= 15 is 0 Å². The molecule has 0 saturated carbocycles. The Kier molecular flexibility index (Phi) is 5.82. The van der Waals surface area contributed by atoms with E-state index in [1.165, 1.54) is 12.1 Å². The SMILES string of the molecule is CC(C)c1cc(C(=O)OC(c2cccc(F)c2)c2ccccn2)nn1C(C)(C)C. The van der Waals surface area contributed by atoms with Crippen molar-refractivity contribution in [3.8, 4) is 0 Å². The molecule has 0 amide bonds. The Labute approximate surface area is 170 Å². The average molecular weight is 395 g/mol. The van der Waals surface area contributed by atoms with Crippen LogP contribution < -0.4 is 0 Å². The number of carbonyl (C=O) groups is 1. The minimum atomic E-state index is -0.832. The number of pyridine rings is 1. The van der Waals surface area contributed by atoms with Gasteiger partial charge >= 0.3 is 5.97 Å². The standard InChI is InChI=1S/C23H26FN3O2/c1-15(2)20-14-19(26-27(20)23(3,4)5)22(28)29-21(18-11-6-7-12-25-18)16-9-8-10-17(24)13-16/h6-15,21H,1-5H3. The summed E-state index contributed by atoms with van der Waals surface area (Å²) in [5.74, 6) is -0.786. The molecule has 0 radical (unpaired) electrons. The van der Waals surface area contributed by atoms with Crippen LogP contribution in [0, 0.1) is 5.82 Å². The van der Waals surface area contributed by atoms with Gasteiger partial charge in [0.15, 0.2) is 11.8 Å². The number of aromatic nitrogens is 3. The van der Waals surface area contributed by atoms with Gasteiger partial charge in [-0.2, -0.15) is 5.10 Å². The van der Waals surface area contributed by atoms with Gasteiger partial charge in [-0.25, -0.2) is 9.18 Å². The Balaban J connectivity index is 1.97. The minimum absolute atomic E-state index is 0.193. The van der Waals surface area contributed by atoms with E-state index in [9.17, 15) is 9.18 Å². The molecule has 0 spiro atoms. The fourth-order valence-electron chi connectivity index (χ4n) is 3.11. The van der Waals surface area contributed by atoms with Gasteiger partial charge in [-0.15, -0.1) is 0 Å². The monoisotopic (exact) mass is 395 g/mol. The van der Waals surface area contributed by atoms with Crippen LogP contribution in [0.4, 0.5) is 4.39 Å². The van der Waals surface area contributed by atoms with E-state index in [0.29, 0.717) is 11.3 Å². The lowest BCUT2D eigenvalue weighted by atomic mass is 10.1. The van der Waals surface area contributed by atoms with Crippen molar-refractivity contribution in [2.45, 2.75) is 52.2 Å². The lowest BCUT2D eigenvalue weighted by Crippen LogP contribution is -2.26. The molecular weight excluding hydrogens is 369 g/mol. The molecule has 29 heavy (non-hydrogen) atoms. The van der Waals surface area contributed by atoms with E-state index in [2.05, 4.69) is 23.9 Å². The number of benzene rings is 1. The second kappa shape index (κ2) is 8.15. The number of hydrogen-bond donors (Lipinski definition) is 0. The lowest BCUT2D eigenvalue weighted by molar-refractivity contribution is 0.0361. The average Bonchev–Trinajstić information content (AvgIpc) is 3.13. The lowest BCUT2D eigenvalue weighted by Gasteiger charge is -2.23. The molecule has 0 aliphatic heterocycles. The van der Waals surface area contributed by atoms with Gasteiger partial charge in [-0.3, -0.25) is 9.67 Å². The van der Waals surface area contributed by atoms with Crippen molar-refractivity contribution in [2.75, 3.05) is 0 Å². The molecule has 6 heteroatoms. The summed E-state index contributed by atoms with van der Waals surface area (Å²) in [6.07, 6.45) is 0.780. The van der Waals surface area contributed by atoms with Gasteiger partial charge in [0.25, 0.3) is 0 Å². The van der Waals surface area contributed by atoms with Gasteiger partial charge in [0, 0.05) is 17.5 Å². The zero-order chi connectivity index (χ0) is 21.2. The third kappa shape index (κ3) is 4.70. The molecule has 2 aromatic heterocycles. The van der Waals surface area contributed by atoms with Crippen LogP contribution in [0.2, 0.25) is 0 Å². The van der Waals surface area contributed by atoms with Crippen molar-refractivity contribution in [3.63, 3.8) is 0 Å². The quantitative estimate of drug-likeness (QED) is 0.554. The highest BCUT2D eigenvalue weighted by Crippen LogP contribution is 2.28. The number of ether oxygens (including phenoxy) is 1. The highest BCUT2D eigenvalue weighted by molar-refractivity contribution is 5.87. The number of rotatable bonds is 5. The number of nitrogens with zero attached hydrogens (tertiary/aromatic N) is 3. The van der Waals surface area contributed by atoms with Crippen LogP contribution in [-0.4, -0.2) is 20.7 Å². The highest BCUT2D eigenvalue weighted by atomic mass is 19.1. The second-order valence-corrected chi connectivity index (χ2v) is 8.29. The molecular formula is C23H26FN3O2. The van der Waals surface area contributed by atoms with E-state index < -0.39 is 17.9 Å². The van der Waals surface area contributed by atoms with E-state index in [4.69, 9.17) is 4.74 Å². The Hall–Kier alpha value is -3.02. The molecule has 1 unspecified atom stereocenters. The maximum Gasteiger partial charge on any atom is 0.359 e. The van der Waals surface area contributed by atoms with E-state index in [-0.39, 0.29) is 17.2 Å².